The molecule has 0 saturated carbocycles. The van der Waals surface area contributed by atoms with Gasteiger partial charge in [-0.05, 0) is 35.5 Å². The van der Waals surface area contributed by atoms with Crippen LogP contribution in [-0.4, -0.2) is 24.7 Å². The van der Waals surface area contributed by atoms with E-state index in [0.29, 0.717) is 22.6 Å². The third kappa shape index (κ3) is 4.06. The van der Waals surface area contributed by atoms with Crippen molar-refractivity contribution in [2.24, 2.45) is 0 Å². The molecule has 2 heterocycles. The smallest absolute Gasteiger partial charge is 0.263 e. The molecule has 0 radical (unpaired) electrons. The highest BCUT2D eigenvalue weighted by Gasteiger charge is 2.21. The number of nitrogens with one attached hydrogen (secondary N) is 2. The molecular formula is C12H17BrN4O2S2. The Labute approximate surface area is 136 Å². The molecule has 0 atom stereocenters. The van der Waals surface area contributed by atoms with Gasteiger partial charge < -0.3 is 5.32 Å². The maximum Gasteiger partial charge on any atom is 0.263 e. The zero-order valence-corrected chi connectivity index (χ0v) is 15.0. The fourth-order valence-electron chi connectivity index (χ4n) is 1.72. The van der Waals surface area contributed by atoms with Gasteiger partial charge in [0.1, 0.15) is 4.90 Å². The predicted octanol–water partition coefficient (Wildman–Crippen LogP) is 2.64. The summed E-state index contributed by atoms with van der Waals surface area (Å²) in [5, 5.41) is 7.23. The molecule has 0 aliphatic heterocycles. The lowest BCUT2D eigenvalue weighted by atomic mass is 10.4. The average molecular weight is 393 g/mol. The van der Waals surface area contributed by atoms with Crippen molar-refractivity contribution >= 4 is 43.0 Å². The fourth-order valence-corrected chi connectivity index (χ4v) is 5.40. The van der Waals surface area contributed by atoms with Crippen LogP contribution >= 0.6 is 27.3 Å². The predicted molar refractivity (Wildman–Crippen MR) is 88.1 cm³/mol. The largest absolute Gasteiger partial charge is 0.312 e. The molecule has 2 N–H and O–H groups in total. The Morgan fingerprint density at radius 1 is 1.43 bits per heavy atom. The number of nitrogens with zero attached hydrogens (tertiary/aromatic N) is 2. The van der Waals surface area contributed by atoms with Crippen LogP contribution in [0.5, 0.6) is 0 Å². The highest BCUT2D eigenvalue weighted by molar-refractivity contribution is 9.11. The minimum atomic E-state index is -3.61. The van der Waals surface area contributed by atoms with Crippen LogP contribution in [0.4, 0.5) is 5.69 Å². The third-order valence-corrected chi connectivity index (χ3v) is 6.39. The Kier molecular flexibility index (Phi) is 5.42. The summed E-state index contributed by atoms with van der Waals surface area (Å²) in [6, 6.07) is 1.68. The van der Waals surface area contributed by atoms with Crippen LogP contribution in [0.3, 0.4) is 0 Å². The van der Waals surface area contributed by atoms with Crippen molar-refractivity contribution in [3.8, 4) is 0 Å². The van der Waals surface area contributed by atoms with E-state index in [9.17, 15) is 8.42 Å². The average Bonchev–Trinajstić information content (AvgIpc) is 3.02. The molecule has 0 fully saturated rings. The molecule has 0 unspecified atom stereocenters. The van der Waals surface area contributed by atoms with Crippen LogP contribution in [-0.2, 0) is 23.1 Å². The summed E-state index contributed by atoms with van der Waals surface area (Å²) >= 11 is 4.74. The van der Waals surface area contributed by atoms with Gasteiger partial charge in [0.15, 0.2) is 0 Å². The Morgan fingerprint density at radius 2 is 2.19 bits per heavy atom. The van der Waals surface area contributed by atoms with Crippen molar-refractivity contribution in [1.29, 1.82) is 0 Å². The summed E-state index contributed by atoms with van der Waals surface area (Å²) in [6.45, 7) is 6.13. The van der Waals surface area contributed by atoms with E-state index in [2.05, 4.69) is 31.1 Å². The van der Waals surface area contributed by atoms with Crippen LogP contribution in [0.25, 0.3) is 0 Å². The molecule has 0 spiro atoms. The molecule has 116 valence electrons. The monoisotopic (exact) mass is 392 g/mol. The van der Waals surface area contributed by atoms with Gasteiger partial charge in [0.05, 0.1) is 15.7 Å². The second kappa shape index (κ2) is 6.91. The first-order valence-corrected chi connectivity index (χ1v) is 9.59. The number of rotatable bonds is 7. The van der Waals surface area contributed by atoms with Crippen molar-refractivity contribution in [3.63, 3.8) is 0 Å². The molecule has 2 aromatic rings. The van der Waals surface area contributed by atoms with Gasteiger partial charge >= 0.3 is 0 Å². The van der Waals surface area contributed by atoms with E-state index in [1.54, 1.807) is 16.9 Å². The summed E-state index contributed by atoms with van der Waals surface area (Å²) in [5.41, 5.74) is 0.461. The molecule has 0 aliphatic rings. The number of aromatic nitrogens is 2. The lowest BCUT2D eigenvalue weighted by molar-refractivity contribution is 0.601. The Hall–Kier alpha value is -0.900. The summed E-state index contributed by atoms with van der Waals surface area (Å²) in [6.07, 6.45) is 3.16. The minimum absolute atomic E-state index is 0.254. The van der Waals surface area contributed by atoms with E-state index in [4.69, 9.17) is 0 Å². The van der Waals surface area contributed by atoms with Crippen molar-refractivity contribution in [2.45, 2.75) is 31.8 Å². The molecule has 0 aromatic carbocycles. The molecule has 9 heteroatoms. The summed E-state index contributed by atoms with van der Waals surface area (Å²) in [4.78, 5) is 1.22. The van der Waals surface area contributed by atoms with Gasteiger partial charge in [-0.2, -0.15) is 5.10 Å². The zero-order valence-electron chi connectivity index (χ0n) is 11.8. The van der Waals surface area contributed by atoms with E-state index < -0.39 is 10.0 Å². The summed E-state index contributed by atoms with van der Waals surface area (Å²) in [7, 11) is -3.61. The Balaban J connectivity index is 2.20. The third-order valence-electron chi connectivity index (χ3n) is 2.75. The van der Waals surface area contributed by atoms with Gasteiger partial charge in [-0.25, -0.2) is 8.42 Å². The molecule has 0 bridgehead atoms. The molecule has 6 nitrogen and oxygen atoms in total. The van der Waals surface area contributed by atoms with Crippen LogP contribution in [0.1, 0.15) is 18.7 Å². The standard InChI is InChI=1S/C12H17BrN4O2S2/c1-3-14-7-10-5-11(12(13)20-10)21(18,19)16-9-6-15-17(4-2)8-9/h5-6,8,14,16H,3-4,7H2,1-2H3. The first-order valence-electron chi connectivity index (χ1n) is 6.50. The normalized spacial score (nSPS) is 11.8. The van der Waals surface area contributed by atoms with Crippen molar-refractivity contribution in [2.75, 3.05) is 11.3 Å². The van der Waals surface area contributed by atoms with Crippen LogP contribution in [0.2, 0.25) is 0 Å². The number of thiophene rings is 1. The van der Waals surface area contributed by atoms with Gasteiger partial charge in [-0.3, -0.25) is 9.40 Å². The molecule has 2 rings (SSSR count). The zero-order chi connectivity index (χ0) is 15.5. The topological polar surface area (TPSA) is 76.0 Å². The molecule has 21 heavy (non-hydrogen) atoms. The summed E-state index contributed by atoms with van der Waals surface area (Å²) < 4.78 is 29.6. The molecule has 0 amide bonds. The Morgan fingerprint density at radius 3 is 2.81 bits per heavy atom. The highest BCUT2D eigenvalue weighted by Crippen LogP contribution is 2.32. The number of hydrogen-bond donors (Lipinski definition) is 2. The highest BCUT2D eigenvalue weighted by atomic mass is 79.9. The van der Waals surface area contributed by atoms with E-state index in [1.807, 2.05) is 13.8 Å². The maximum absolute atomic E-state index is 12.4. The molecule has 0 aliphatic carbocycles. The second-order valence-corrected chi connectivity index (χ2v) is 8.43. The van der Waals surface area contributed by atoms with Crippen LogP contribution in [0, 0.1) is 0 Å². The van der Waals surface area contributed by atoms with Gasteiger partial charge in [0, 0.05) is 24.2 Å². The van der Waals surface area contributed by atoms with Gasteiger partial charge in [0.25, 0.3) is 10.0 Å². The summed E-state index contributed by atoms with van der Waals surface area (Å²) in [5.74, 6) is 0. The first-order chi connectivity index (χ1) is 9.96. The van der Waals surface area contributed by atoms with E-state index in [-0.39, 0.29) is 4.90 Å². The SMILES string of the molecule is CCNCc1cc(S(=O)(=O)Nc2cnn(CC)c2)c(Br)s1. The van der Waals surface area contributed by atoms with E-state index in [0.717, 1.165) is 11.4 Å². The van der Waals surface area contributed by atoms with E-state index in [1.165, 1.54) is 17.5 Å². The number of halogens is 1. The number of anilines is 1. The first kappa shape index (κ1) is 16.5. The Bertz CT molecular complexity index is 709. The minimum Gasteiger partial charge on any atom is -0.312 e. The lowest BCUT2D eigenvalue weighted by Gasteiger charge is -2.04. The lowest BCUT2D eigenvalue weighted by Crippen LogP contribution is -2.13. The van der Waals surface area contributed by atoms with E-state index >= 15 is 0 Å². The second-order valence-electron chi connectivity index (χ2n) is 4.32. The van der Waals surface area contributed by atoms with Crippen LogP contribution < -0.4 is 10.0 Å². The van der Waals surface area contributed by atoms with Gasteiger partial charge in [0.2, 0.25) is 0 Å². The number of hydrogen-bond acceptors (Lipinski definition) is 5. The van der Waals surface area contributed by atoms with Crippen molar-refractivity contribution in [3.05, 3.63) is 27.1 Å². The maximum atomic E-state index is 12.4. The molecule has 2 aromatic heterocycles. The van der Waals surface area contributed by atoms with Crippen molar-refractivity contribution in [1.82, 2.24) is 15.1 Å². The molecule has 0 saturated heterocycles. The number of sulfonamides is 1. The quantitative estimate of drug-likeness (QED) is 0.759. The number of aryl methyl sites for hydroxylation is 1. The van der Waals surface area contributed by atoms with Crippen molar-refractivity contribution < 1.29 is 8.42 Å². The van der Waals surface area contributed by atoms with Gasteiger partial charge in [-0.1, -0.05) is 6.92 Å². The molecular weight excluding hydrogens is 376 g/mol. The van der Waals surface area contributed by atoms with Crippen LogP contribution in [0.15, 0.2) is 27.1 Å². The van der Waals surface area contributed by atoms with Gasteiger partial charge in [-0.15, -0.1) is 11.3 Å². The fraction of sp³-hybridized carbons (Fsp3) is 0.417.